The molecule has 0 spiro atoms. The molecule has 1 saturated heterocycles. The minimum atomic E-state index is -0.405. The molecule has 2 aliphatic rings. The van der Waals surface area contributed by atoms with Gasteiger partial charge in [-0.25, -0.2) is 0 Å². The number of benzene rings is 2. The van der Waals surface area contributed by atoms with Crippen molar-refractivity contribution in [1.82, 2.24) is 4.90 Å². The van der Waals surface area contributed by atoms with E-state index in [0.29, 0.717) is 52.5 Å². The molecule has 0 aromatic heterocycles. The Balaban J connectivity index is 1.57. The van der Waals surface area contributed by atoms with Crippen molar-refractivity contribution in [2.75, 3.05) is 36.5 Å². The van der Waals surface area contributed by atoms with Crippen molar-refractivity contribution in [3.05, 3.63) is 64.0 Å². The SMILES string of the molecule is CCOCCCN1C(=O)/C(=C2/C(=O)N(CC(=O)Nc3cccc(Cl)c3)c3ccccc32)SC1=S. The van der Waals surface area contributed by atoms with Crippen LogP contribution in [0, 0.1) is 0 Å². The fourth-order valence-corrected chi connectivity index (χ4v) is 5.35. The lowest BCUT2D eigenvalue weighted by Crippen LogP contribution is -2.35. The number of thiocarbonyl (C=S) groups is 1. The van der Waals surface area contributed by atoms with Crippen molar-refractivity contribution >= 4 is 74.6 Å². The molecular formula is C24H22ClN3O4S2. The molecule has 3 amide bonds. The minimum Gasteiger partial charge on any atom is -0.382 e. The molecule has 176 valence electrons. The van der Waals surface area contributed by atoms with E-state index < -0.39 is 5.91 Å². The molecule has 2 aromatic carbocycles. The van der Waals surface area contributed by atoms with Crippen LogP contribution in [0.3, 0.4) is 0 Å². The summed E-state index contributed by atoms with van der Waals surface area (Å²) < 4.78 is 5.76. The lowest BCUT2D eigenvalue weighted by Gasteiger charge is -2.17. The van der Waals surface area contributed by atoms with Gasteiger partial charge in [0.15, 0.2) is 0 Å². The fourth-order valence-electron chi connectivity index (χ4n) is 3.78. The van der Waals surface area contributed by atoms with Gasteiger partial charge in [0.05, 0.1) is 16.2 Å². The van der Waals surface area contributed by atoms with Gasteiger partial charge >= 0.3 is 0 Å². The predicted octanol–water partition coefficient (Wildman–Crippen LogP) is 4.32. The number of nitrogens with one attached hydrogen (secondary N) is 1. The summed E-state index contributed by atoms with van der Waals surface area (Å²) >= 11 is 12.5. The zero-order chi connectivity index (χ0) is 24.2. The Hall–Kier alpha value is -2.72. The Labute approximate surface area is 212 Å². The quantitative estimate of drug-likeness (QED) is 0.320. The second-order valence-corrected chi connectivity index (χ2v) is 9.63. The highest BCUT2D eigenvalue weighted by Gasteiger charge is 2.42. The van der Waals surface area contributed by atoms with E-state index in [0.717, 1.165) is 11.8 Å². The van der Waals surface area contributed by atoms with Crippen LogP contribution in [-0.4, -0.2) is 53.2 Å². The van der Waals surface area contributed by atoms with Crippen molar-refractivity contribution in [2.45, 2.75) is 13.3 Å². The topological polar surface area (TPSA) is 79.0 Å². The van der Waals surface area contributed by atoms with Gasteiger partial charge in [-0.3, -0.25) is 24.2 Å². The van der Waals surface area contributed by atoms with Gasteiger partial charge in [0.25, 0.3) is 11.8 Å². The van der Waals surface area contributed by atoms with Crippen LogP contribution in [0.4, 0.5) is 11.4 Å². The van der Waals surface area contributed by atoms with Crippen LogP contribution in [0.5, 0.6) is 0 Å². The predicted molar refractivity (Wildman–Crippen MR) is 139 cm³/mol. The molecule has 1 N–H and O–H groups in total. The van der Waals surface area contributed by atoms with Crippen LogP contribution in [-0.2, 0) is 19.1 Å². The zero-order valence-corrected chi connectivity index (χ0v) is 20.8. The molecule has 0 saturated carbocycles. The highest BCUT2D eigenvalue weighted by molar-refractivity contribution is 8.26. The Morgan fingerprint density at radius 1 is 1.12 bits per heavy atom. The van der Waals surface area contributed by atoms with Gasteiger partial charge in [-0.15, -0.1) is 0 Å². The van der Waals surface area contributed by atoms with Crippen molar-refractivity contribution in [2.24, 2.45) is 0 Å². The first-order chi connectivity index (χ1) is 16.4. The average molecular weight is 516 g/mol. The number of rotatable bonds is 8. The monoisotopic (exact) mass is 515 g/mol. The summed E-state index contributed by atoms with van der Waals surface area (Å²) in [7, 11) is 0. The molecule has 34 heavy (non-hydrogen) atoms. The maximum Gasteiger partial charge on any atom is 0.267 e. The smallest absolute Gasteiger partial charge is 0.267 e. The van der Waals surface area contributed by atoms with Crippen LogP contribution in [0.1, 0.15) is 18.9 Å². The molecule has 2 aliphatic heterocycles. The summed E-state index contributed by atoms with van der Waals surface area (Å²) in [6, 6.07) is 13.9. The number of thioether (sulfide) groups is 1. The molecular weight excluding hydrogens is 494 g/mol. The summed E-state index contributed by atoms with van der Waals surface area (Å²) in [6.07, 6.45) is 0.642. The maximum atomic E-state index is 13.5. The number of ether oxygens (including phenoxy) is 1. The van der Waals surface area contributed by atoms with Gasteiger partial charge in [-0.1, -0.05) is 59.8 Å². The maximum absolute atomic E-state index is 13.5. The number of hydrogen-bond donors (Lipinski definition) is 1. The second-order valence-electron chi connectivity index (χ2n) is 7.55. The number of carbonyl (C=O) groups is 3. The van der Waals surface area contributed by atoms with Crippen molar-refractivity contribution in [3.8, 4) is 0 Å². The number of nitrogens with zero attached hydrogens (tertiary/aromatic N) is 2. The molecule has 0 radical (unpaired) electrons. The van der Waals surface area contributed by atoms with Crippen molar-refractivity contribution in [3.63, 3.8) is 0 Å². The summed E-state index contributed by atoms with van der Waals surface area (Å²) in [5.41, 5.74) is 1.99. The van der Waals surface area contributed by atoms with E-state index in [1.54, 1.807) is 48.5 Å². The molecule has 2 aromatic rings. The minimum absolute atomic E-state index is 0.208. The zero-order valence-electron chi connectivity index (χ0n) is 18.4. The van der Waals surface area contributed by atoms with E-state index in [-0.39, 0.29) is 28.8 Å². The molecule has 0 aliphatic carbocycles. The first-order valence-corrected chi connectivity index (χ1v) is 12.3. The normalized spacial score (nSPS) is 17.5. The molecule has 7 nitrogen and oxygen atoms in total. The summed E-state index contributed by atoms with van der Waals surface area (Å²) in [6.45, 7) is 3.25. The molecule has 0 unspecified atom stereocenters. The van der Waals surface area contributed by atoms with Gasteiger partial charge in [-0.05, 0) is 37.6 Å². The van der Waals surface area contributed by atoms with Crippen molar-refractivity contribution < 1.29 is 19.1 Å². The number of amides is 3. The molecule has 0 atom stereocenters. The number of para-hydroxylation sites is 1. The second kappa shape index (κ2) is 10.7. The van der Waals surface area contributed by atoms with E-state index in [9.17, 15) is 14.4 Å². The Bertz CT molecular complexity index is 1200. The molecule has 1 fully saturated rings. The molecule has 4 rings (SSSR count). The van der Waals surface area contributed by atoms with Crippen LogP contribution in [0.25, 0.3) is 5.57 Å². The lowest BCUT2D eigenvalue weighted by atomic mass is 10.1. The van der Waals surface area contributed by atoms with Gasteiger partial charge < -0.3 is 10.1 Å². The summed E-state index contributed by atoms with van der Waals surface area (Å²) in [4.78, 5) is 42.6. The van der Waals surface area contributed by atoms with Gasteiger partial charge in [0, 0.05) is 36.0 Å². The fraction of sp³-hybridized carbons (Fsp3) is 0.250. The molecule has 2 heterocycles. The number of hydrogen-bond acceptors (Lipinski definition) is 6. The highest BCUT2D eigenvalue weighted by atomic mass is 35.5. The number of halogens is 1. The Morgan fingerprint density at radius 3 is 2.68 bits per heavy atom. The van der Waals surface area contributed by atoms with Gasteiger partial charge in [-0.2, -0.15) is 0 Å². The third kappa shape index (κ3) is 5.02. The van der Waals surface area contributed by atoms with Crippen LogP contribution >= 0.6 is 35.6 Å². The van der Waals surface area contributed by atoms with Gasteiger partial charge in [0.1, 0.15) is 10.9 Å². The van der Waals surface area contributed by atoms with E-state index in [1.165, 1.54) is 9.80 Å². The molecule has 10 heteroatoms. The Kier molecular flexibility index (Phi) is 7.67. The summed E-state index contributed by atoms with van der Waals surface area (Å²) in [5, 5.41) is 3.25. The largest absolute Gasteiger partial charge is 0.382 e. The average Bonchev–Trinajstić information content (AvgIpc) is 3.24. The third-order valence-corrected chi connectivity index (χ3v) is 6.97. The van der Waals surface area contributed by atoms with Crippen molar-refractivity contribution in [1.29, 1.82) is 0 Å². The molecule has 0 bridgehead atoms. The van der Waals surface area contributed by atoms with Crippen LogP contribution in [0.2, 0.25) is 5.02 Å². The number of carbonyl (C=O) groups excluding carboxylic acids is 3. The third-order valence-electron chi connectivity index (χ3n) is 5.28. The van der Waals surface area contributed by atoms with E-state index in [2.05, 4.69) is 5.32 Å². The number of anilines is 2. The first kappa shape index (κ1) is 24.4. The summed E-state index contributed by atoms with van der Waals surface area (Å²) in [5.74, 6) is -1.08. The lowest BCUT2D eigenvalue weighted by molar-refractivity contribution is -0.122. The van der Waals surface area contributed by atoms with Gasteiger partial charge in [0.2, 0.25) is 5.91 Å². The number of fused-ring (bicyclic) bond motifs is 1. The van der Waals surface area contributed by atoms with Crippen LogP contribution in [0.15, 0.2) is 53.4 Å². The van der Waals surface area contributed by atoms with E-state index in [1.807, 2.05) is 6.92 Å². The highest BCUT2D eigenvalue weighted by Crippen LogP contribution is 2.44. The van der Waals surface area contributed by atoms with E-state index in [4.69, 9.17) is 28.6 Å². The standard InChI is InChI=1S/C24H22ClN3O4S2/c1-2-32-12-6-11-27-23(31)21(34-24(27)33)20-17-9-3-4-10-18(17)28(22(20)30)14-19(29)26-16-8-5-7-15(25)13-16/h3-5,7-10,13H,2,6,11-12,14H2,1H3,(H,26,29)/b21-20-. The first-order valence-electron chi connectivity index (χ1n) is 10.7. The Morgan fingerprint density at radius 2 is 1.91 bits per heavy atom. The van der Waals surface area contributed by atoms with Crippen LogP contribution < -0.4 is 10.2 Å². The van der Waals surface area contributed by atoms with E-state index >= 15 is 0 Å².